The fourth-order valence-corrected chi connectivity index (χ4v) is 3.60. The molecule has 1 N–H and O–H groups in total. The summed E-state index contributed by atoms with van der Waals surface area (Å²) < 4.78 is 0. The van der Waals surface area contributed by atoms with Gasteiger partial charge >= 0.3 is 0 Å². The third-order valence-corrected chi connectivity index (χ3v) is 5.33. The summed E-state index contributed by atoms with van der Waals surface area (Å²) in [6, 6.07) is 0. The molecule has 25 heavy (non-hydrogen) atoms. The maximum atomic E-state index is 8.73. The molecule has 0 bridgehead atoms. The Morgan fingerprint density at radius 1 is 0.400 bits per heavy atom. The summed E-state index contributed by atoms with van der Waals surface area (Å²) in [6.07, 6.45) is 26.6. The monoisotopic (exact) mass is 354 g/mol. The highest BCUT2D eigenvalue weighted by molar-refractivity contribution is 4.61. The first-order chi connectivity index (χ1) is 12.1. The average Bonchev–Trinajstić information content (AvgIpc) is 2.56. The smallest absolute Gasteiger partial charge is 0.0431 e. The zero-order valence-corrected chi connectivity index (χ0v) is 18.1. The highest BCUT2D eigenvalue weighted by atomic mass is 16.2. The van der Waals surface area contributed by atoms with Crippen LogP contribution in [0.3, 0.4) is 0 Å². The van der Waals surface area contributed by atoms with Crippen molar-refractivity contribution in [1.29, 1.82) is 0 Å². The fourth-order valence-electron chi connectivity index (χ4n) is 3.60. The Hall–Kier alpha value is -0.0400. The van der Waals surface area contributed by atoms with E-state index in [1.54, 1.807) is 0 Å². The van der Waals surface area contributed by atoms with Gasteiger partial charge in [-0.05, 0) is 18.3 Å². The molecule has 0 saturated heterocycles. The van der Waals surface area contributed by atoms with Crippen LogP contribution in [-0.4, -0.2) is 11.7 Å². The zero-order valence-electron chi connectivity index (χ0n) is 18.1. The Morgan fingerprint density at radius 2 is 0.640 bits per heavy atom. The van der Waals surface area contributed by atoms with E-state index in [0.717, 1.165) is 6.42 Å². The van der Waals surface area contributed by atoms with Gasteiger partial charge in [0.2, 0.25) is 0 Å². The molecule has 0 aromatic heterocycles. The molecule has 1 nitrogen and oxygen atoms in total. The van der Waals surface area contributed by atoms with E-state index in [-0.39, 0.29) is 0 Å². The van der Waals surface area contributed by atoms with Gasteiger partial charge in [-0.2, -0.15) is 0 Å². The summed E-state index contributed by atoms with van der Waals surface area (Å²) >= 11 is 0. The van der Waals surface area contributed by atoms with Crippen molar-refractivity contribution in [2.24, 2.45) is 5.41 Å². The predicted molar refractivity (Wildman–Crippen MR) is 114 cm³/mol. The van der Waals surface area contributed by atoms with Crippen LogP contribution in [0.2, 0.25) is 0 Å². The fraction of sp³-hybridized carbons (Fsp3) is 1.00. The molecule has 0 amide bonds. The molecule has 1 heteroatoms. The predicted octanol–water partition coefficient (Wildman–Crippen LogP) is 8.44. The summed E-state index contributed by atoms with van der Waals surface area (Å²) in [4.78, 5) is 0. The maximum absolute atomic E-state index is 8.73. The van der Waals surface area contributed by atoms with Gasteiger partial charge in [-0.1, -0.05) is 130 Å². The maximum Gasteiger partial charge on any atom is 0.0431 e. The van der Waals surface area contributed by atoms with Crippen molar-refractivity contribution in [1.82, 2.24) is 0 Å². The molecule has 0 rings (SSSR count). The summed E-state index contributed by atoms with van der Waals surface area (Å²) in [5.74, 6) is 0. The van der Waals surface area contributed by atoms with E-state index in [1.165, 1.54) is 116 Å². The third-order valence-electron chi connectivity index (χ3n) is 5.33. The van der Waals surface area contributed by atoms with Gasteiger partial charge in [0.15, 0.2) is 0 Å². The minimum atomic E-state index is 0.372. The lowest BCUT2D eigenvalue weighted by atomic mass is 9.89. The van der Waals surface area contributed by atoms with Crippen molar-refractivity contribution >= 4 is 0 Å². The Balaban J connectivity index is 3.01. The molecule has 0 aromatic carbocycles. The van der Waals surface area contributed by atoms with Crippen LogP contribution >= 0.6 is 0 Å². The summed E-state index contributed by atoms with van der Waals surface area (Å²) in [7, 11) is 0. The van der Waals surface area contributed by atoms with Gasteiger partial charge in [0, 0.05) is 6.61 Å². The Kier molecular flexibility index (Phi) is 18.7. The lowest BCUT2D eigenvalue weighted by molar-refractivity contribution is 0.282. The molecule has 0 aliphatic carbocycles. The normalized spacial score (nSPS) is 12.0. The Labute approximate surface area is 160 Å². The minimum Gasteiger partial charge on any atom is -0.396 e. The standard InChI is InChI=1S/C24H50O/c1-24(2,3)22-20-18-16-14-12-10-8-6-4-5-7-9-11-13-15-17-19-21-23-25/h25H,4-23H2,1-3H3. The van der Waals surface area contributed by atoms with Crippen LogP contribution in [0.15, 0.2) is 0 Å². The van der Waals surface area contributed by atoms with Gasteiger partial charge in [0.05, 0.1) is 0 Å². The van der Waals surface area contributed by atoms with Gasteiger partial charge in [-0.25, -0.2) is 0 Å². The van der Waals surface area contributed by atoms with Crippen molar-refractivity contribution in [2.45, 2.75) is 143 Å². The van der Waals surface area contributed by atoms with E-state index in [4.69, 9.17) is 5.11 Å². The molecule has 0 spiro atoms. The molecule has 0 atom stereocenters. The average molecular weight is 355 g/mol. The van der Waals surface area contributed by atoms with Crippen LogP contribution in [0, 0.1) is 5.41 Å². The van der Waals surface area contributed by atoms with Crippen molar-refractivity contribution in [3.05, 3.63) is 0 Å². The second kappa shape index (κ2) is 18.7. The first-order valence-electron chi connectivity index (χ1n) is 11.7. The van der Waals surface area contributed by atoms with Gasteiger partial charge in [-0.15, -0.1) is 0 Å². The van der Waals surface area contributed by atoms with Crippen LogP contribution in [0.25, 0.3) is 0 Å². The zero-order chi connectivity index (χ0) is 18.6. The molecule has 0 saturated carbocycles. The number of hydrogen-bond donors (Lipinski definition) is 1. The van der Waals surface area contributed by atoms with Crippen molar-refractivity contribution < 1.29 is 5.11 Å². The van der Waals surface area contributed by atoms with E-state index in [1.807, 2.05) is 0 Å². The van der Waals surface area contributed by atoms with E-state index >= 15 is 0 Å². The lowest BCUT2D eigenvalue weighted by Crippen LogP contribution is -2.03. The molecule has 0 unspecified atom stereocenters. The van der Waals surface area contributed by atoms with E-state index < -0.39 is 0 Å². The van der Waals surface area contributed by atoms with Gasteiger partial charge < -0.3 is 5.11 Å². The number of unbranched alkanes of at least 4 members (excludes halogenated alkanes) is 17. The van der Waals surface area contributed by atoms with Crippen molar-refractivity contribution in [3.63, 3.8) is 0 Å². The van der Waals surface area contributed by atoms with Crippen molar-refractivity contribution in [3.8, 4) is 0 Å². The van der Waals surface area contributed by atoms with Gasteiger partial charge in [-0.3, -0.25) is 0 Å². The van der Waals surface area contributed by atoms with Crippen LogP contribution in [-0.2, 0) is 0 Å². The molecule has 0 aliphatic rings. The van der Waals surface area contributed by atoms with E-state index in [2.05, 4.69) is 20.8 Å². The molecule has 0 radical (unpaired) electrons. The topological polar surface area (TPSA) is 20.2 Å². The SMILES string of the molecule is CC(C)(C)CCCCCCCCCCCCCCCCCCCCO. The second-order valence-corrected chi connectivity index (χ2v) is 9.40. The molecule has 0 fully saturated rings. The first kappa shape index (κ1) is 25.0. The first-order valence-corrected chi connectivity index (χ1v) is 11.7. The van der Waals surface area contributed by atoms with Crippen molar-refractivity contribution in [2.75, 3.05) is 6.61 Å². The van der Waals surface area contributed by atoms with E-state index in [9.17, 15) is 0 Å². The summed E-state index contributed by atoms with van der Waals surface area (Å²) in [5.41, 5.74) is 0.528. The van der Waals surface area contributed by atoms with Crippen LogP contribution < -0.4 is 0 Å². The molecule has 152 valence electrons. The number of hydrogen-bond acceptors (Lipinski definition) is 1. The van der Waals surface area contributed by atoms with Crippen LogP contribution in [0.1, 0.15) is 143 Å². The second-order valence-electron chi connectivity index (χ2n) is 9.40. The molecule has 0 aromatic rings. The Morgan fingerprint density at radius 3 is 0.880 bits per heavy atom. The summed E-state index contributed by atoms with van der Waals surface area (Å²) in [6.45, 7) is 7.44. The third kappa shape index (κ3) is 24.0. The highest BCUT2D eigenvalue weighted by Gasteiger charge is 2.08. The Bertz CT molecular complexity index is 241. The van der Waals surface area contributed by atoms with Crippen LogP contribution in [0.5, 0.6) is 0 Å². The van der Waals surface area contributed by atoms with Crippen LogP contribution in [0.4, 0.5) is 0 Å². The van der Waals surface area contributed by atoms with E-state index in [0.29, 0.717) is 12.0 Å². The largest absolute Gasteiger partial charge is 0.396 e. The number of aliphatic hydroxyl groups is 1. The molecule has 0 aliphatic heterocycles. The number of aliphatic hydroxyl groups excluding tert-OH is 1. The van der Waals surface area contributed by atoms with Gasteiger partial charge in [0.25, 0.3) is 0 Å². The molecule has 0 heterocycles. The summed E-state index contributed by atoms with van der Waals surface area (Å²) in [5, 5.41) is 8.73. The number of rotatable bonds is 19. The minimum absolute atomic E-state index is 0.372. The quantitative estimate of drug-likeness (QED) is 0.231. The van der Waals surface area contributed by atoms with Gasteiger partial charge in [0.1, 0.15) is 0 Å². The highest BCUT2D eigenvalue weighted by Crippen LogP contribution is 2.22. The molecular weight excluding hydrogens is 304 g/mol. The lowest BCUT2D eigenvalue weighted by Gasteiger charge is -2.17. The molecular formula is C24H50O.